The van der Waals surface area contributed by atoms with Gasteiger partial charge >= 0.3 is 5.97 Å². The highest BCUT2D eigenvalue weighted by atomic mass is 19.1. The molecule has 1 atom stereocenters. The van der Waals surface area contributed by atoms with E-state index in [1.807, 2.05) is 0 Å². The van der Waals surface area contributed by atoms with E-state index in [0.717, 1.165) is 6.20 Å². The molecule has 1 amide bonds. The maximum Gasteiger partial charge on any atom is 0.326 e. The zero-order valence-corrected chi connectivity index (χ0v) is 12.1. The van der Waals surface area contributed by atoms with Crippen molar-refractivity contribution in [2.45, 2.75) is 19.9 Å². The molecule has 0 aliphatic rings. The molecule has 116 valence electrons. The zero-order chi connectivity index (χ0) is 16.7. The van der Waals surface area contributed by atoms with Crippen LogP contribution >= 0.6 is 0 Å². The summed E-state index contributed by atoms with van der Waals surface area (Å²) in [6.45, 7) is 3.29. The first kappa shape index (κ1) is 17.2. The van der Waals surface area contributed by atoms with Crippen LogP contribution in [-0.4, -0.2) is 23.0 Å². The monoisotopic (exact) mass is 305 g/mol. The van der Waals surface area contributed by atoms with Crippen LogP contribution in [-0.2, 0) is 9.59 Å². The second kappa shape index (κ2) is 7.78. The first-order chi connectivity index (χ1) is 10.3. The lowest BCUT2D eigenvalue weighted by atomic mass is 10.0. The van der Waals surface area contributed by atoms with Gasteiger partial charge in [-0.1, -0.05) is 13.8 Å². The van der Waals surface area contributed by atoms with Gasteiger partial charge < -0.3 is 15.7 Å². The highest BCUT2D eigenvalue weighted by Gasteiger charge is 2.24. The molecule has 6 nitrogen and oxygen atoms in total. The molecule has 0 fully saturated rings. The van der Waals surface area contributed by atoms with E-state index in [0.29, 0.717) is 5.69 Å². The van der Waals surface area contributed by atoms with Gasteiger partial charge in [0.05, 0.1) is 0 Å². The Balaban J connectivity index is 2.80. The van der Waals surface area contributed by atoms with Crippen LogP contribution in [0.1, 0.15) is 13.8 Å². The first-order valence-electron chi connectivity index (χ1n) is 6.51. The van der Waals surface area contributed by atoms with Crippen LogP contribution in [0.25, 0.3) is 0 Å². The smallest absolute Gasteiger partial charge is 0.326 e. The minimum absolute atomic E-state index is 0.281. The van der Waals surface area contributed by atoms with Gasteiger partial charge in [-0.15, -0.1) is 0 Å². The van der Waals surface area contributed by atoms with Crippen LogP contribution in [0.4, 0.5) is 10.1 Å². The van der Waals surface area contributed by atoms with E-state index in [9.17, 15) is 14.0 Å². The number of benzene rings is 1. The molecule has 0 spiro atoms. The van der Waals surface area contributed by atoms with Crippen LogP contribution in [0, 0.1) is 23.1 Å². The third-order valence-corrected chi connectivity index (χ3v) is 2.81. The fraction of sp³-hybridized carbons (Fsp3) is 0.267. The number of amides is 1. The van der Waals surface area contributed by atoms with E-state index in [1.54, 1.807) is 19.9 Å². The molecule has 0 saturated carbocycles. The van der Waals surface area contributed by atoms with E-state index >= 15 is 0 Å². The SMILES string of the molecule is CC(C)C(NC(=O)/C(C#N)=C\Nc1ccc(F)cc1)C(=O)O. The van der Waals surface area contributed by atoms with Crippen LogP contribution in [0.2, 0.25) is 0 Å². The average Bonchev–Trinajstić information content (AvgIpc) is 2.46. The van der Waals surface area contributed by atoms with E-state index in [2.05, 4.69) is 10.6 Å². The Labute approximate surface area is 127 Å². The second-order valence-electron chi connectivity index (χ2n) is 4.85. The first-order valence-corrected chi connectivity index (χ1v) is 6.51. The minimum Gasteiger partial charge on any atom is -0.480 e. The number of carboxylic acid groups (broad SMARTS) is 1. The van der Waals surface area contributed by atoms with Gasteiger partial charge in [0.15, 0.2) is 0 Å². The fourth-order valence-electron chi connectivity index (χ4n) is 1.58. The van der Waals surface area contributed by atoms with E-state index in [-0.39, 0.29) is 11.5 Å². The Morgan fingerprint density at radius 2 is 1.91 bits per heavy atom. The number of nitriles is 1. The lowest BCUT2D eigenvalue weighted by Crippen LogP contribution is -2.44. The highest BCUT2D eigenvalue weighted by Crippen LogP contribution is 2.09. The predicted molar refractivity (Wildman–Crippen MR) is 78.1 cm³/mol. The Bertz CT molecular complexity index is 618. The number of hydrogen-bond acceptors (Lipinski definition) is 4. The molecular weight excluding hydrogens is 289 g/mol. The van der Waals surface area contributed by atoms with E-state index in [4.69, 9.17) is 10.4 Å². The van der Waals surface area contributed by atoms with Gasteiger partial charge in [-0.3, -0.25) is 4.79 Å². The molecule has 7 heteroatoms. The number of carbonyl (C=O) groups is 2. The molecular formula is C15H16FN3O3. The molecule has 1 aromatic carbocycles. The number of aliphatic carboxylic acids is 1. The molecule has 0 aliphatic heterocycles. The summed E-state index contributed by atoms with van der Waals surface area (Å²) in [5.41, 5.74) is 0.205. The quantitative estimate of drug-likeness (QED) is 0.550. The minimum atomic E-state index is -1.17. The summed E-state index contributed by atoms with van der Waals surface area (Å²) in [6.07, 6.45) is 1.14. The molecule has 0 aromatic heterocycles. The summed E-state index contributed by atoms with van der Waals surface area (Å²) in [4.78, 5) is 22.9. The summed E-state index contributed by atoms with van der Waals surface area (Å²) in [5, 5.41) is 23.0. The topological polar surface area (TPSA) is 102 Å². The molecule has 0 saturated heterocycles. The molecule has 0 bridgehead atoms. The number of carboxylic acids is 1. The van der Waals surface area contributed by atoms with Gasteiger partial charge in [0.25, 0.3) is 5.91 Å². The van der Waals surface area contributed by atoms with Crippen LogP contribution in [0.5, 0.6) is 0 Å². The van der Waals surface area contributed by atoms with Crippen molar-refractivity contribution >= 4 is 17.6 Å². The van der Waals surface area contributed by atoms with E-state index in [1.165, 1.54) is 24.3 Å². The molecule has 22 heavy (non-hydrogen) atoms. The summed E-state index contributed by atoms with van der Waals surface area (Å²) in [6, 6.07) is 5.92. The number of anilines is 1. The predicted octanol–water partition coefficient (Wildman–Crippen LogP) is 1.87. The van der Waals surface area contributed by atoms with Gasteiger partial charge in [-0.25, -0.2) is 9.18 Å². The Kier molecular flexibility index (Phi) is 6.08. The summed E-state index contributed by atoms with van der Waals surface area (Å²) >= 11 is 0. The summed E-state index contributed by atoms with van der Waals surface area (Å²) < 4.78 is 12.8. The highest BCUT2D eigenvalue weighted by molar-refractivity contribution is 5.99. The van der Waals surface area contributed by atoms with Crippen molar-refractivity contribution in [3.63, 3.8) is 0 Å². The number of nitrogens with zero attached hydrogens (tertiary/aromatic N) is 1. The van der Waals surface area contributed by atoms with Gasteiger partial charge in [0.2, 0.25) is 0 Å². The van der Waals surface area contributed by atoms with Crippen molar-refractivity contribution in [1.29, 1.82) is 5.26 Å². The Hall–Kier alpha value is -2.88. The second-order valence-corrected chi connectivity index (χ2v) is 4.85. The fourth-order valence-corrected chi connectivity index (χ4v) is 1.58. The van der Waals surface area contributed by atoms with Gasteiger partial charge in [0, 0.05) is 11.9 Å². The third kappa shape index (κ3) is 4.90. The van der Waals surface area contributed by atoms with Crippen molar-refractivity contribution in [1.82, 2.24) is 5.32 Å². The number of hydrogen-bond donors (Lipinski definition) is 3. The third-order valence-electron chi connectivity index (χ3n) is 2.81. The lowest BCUT2D eigenvalue weighted by molar-refractivity contribution is -0.142. The van der Waals surface area contributed by atoms with Crippen molar-refractivity contribution in [3.05, 3.63) is 41.9 Å². The normalized spacial score (nSPS) is 12.4. The van der Waals surface area contributed by atoms with E-state index < -0.39 is 23.7 Å². The van der Waals surface area contributed by atoms with Crippen molar-refractivity contribution in [3.8, 4) is 6.07 Å². The average molecular weight is 305 g/mol. The molecule has 0 aliphatic carbocycles. The molecule has 0 heterocycles. The standard InChI is InChI=1S/C15H16FN3O3/c1-9(2)13(15(21)22)19-14(20)10(7-17)8-18-12-5-3-11(16)4-6-12/h3-6,8-9,13,18H,1-2H3,(H,19,20)(H,21,22)/b10-8-. The maximum atomic E-state index is 12.8. The molecule has 1 aromatic rings. The molecule has 1 unspecified atom stereocenters. The summed E-state index contributed by atoms with van der Waals surface area (Å²) in [5.74, 6) is -2.70. The molecule has 1 rings (SSSR count). The van der Waals surface area contributed by atoms with Crippen molar-refractivity contribution in [2.75, 3.05) is 5.32 Å². The number of rotatable bonds is 6. The van der Waals surface area contributed by atoms with Gasteiger partial charge in [0.1, 0.15) is 23.5 Å². The molecule has 0 radical (unpaired) electrons. The Morgan fingerprint density at radius 1 is 1.32 bits per heavy atom. The van der Waals surface area contributed by atoms with Crippen LogP contribution in [0.3, 0.4) is 0 Å². The van der Waals surface area contributed by atoms with Crippen LogP contribution < -0.4 is 10.6 Å². The van der Waals surface area contributed by atoms with Crippen LogP contribution in [0.15, 0.2) is 36.0 Å². The number of carbonyl (C=O) groups excluding carboxylic acids is 1. The largest absolute Gasteiger partial charge is 0.480 e. The van der Waals surface area contributed by atoms with Crippen molar-refractivity contribution < 1.29 is 19.1 Å². The number of halogens is 1. The Morgan fingerprint density at radius 3 is 2.36 bits per heavy atom. The van der Waals surface area contributed by atoms with Gasteiger partial charge in [-0.2, -0.15) is 5.26 Å². The molecule has 3 N–H and O–H groups in total. The summed E-state index contributed by atoms with van der Waals surface area (Å²) in [7, 11) is 0. The maximum absolute atomic E-state index is 12.8. The van der Waals surface area contributed by atoms with Crippen molar-refractivity contribution in [2.24, 2.45) is 5.92 Å². The van der Waals surface area contributed by atoms with Gasteiger partial charge in [-0.05, 0) is 30.2 Å². The lowest BCUT2D eigenvalue weighted by Gasteiger charge is -2.17. The number of nitrogens with one attached hydrogen (secondary N) is 2. The zero-order valence-electron chi connectivity index (χ0n) is 12.1.